The maximum absolute atomic E-state index is 13.1. The van der Waals surface area contributed by atoms with Gasteiger partial charge in [-0.15, -0.1) is 0 Å². The number of anilines is 1. The van der Waals surface area contributed by atoms with Gasteiger partial charge in [-0.1, -0.05) is 19.9 Å². The molecule has 0 spiro atoms. The van der Waals surface area contributed by atoms with Gasteiger partial charge in [-0.2, -0.15) is 0 Å². The van der Waals surface area contributed by atoms with Crippen molar-refractivity contribution in [2.24, 2.45) is 16.8 Å². The summed E-state index contributed by atoms with van der Waals surface area (Å²) >= 11 is 0. The molecule has 1 heterocycles. The van der Waals surface area contributed by atoms with E-state index in [1.807, 2.05) is 0 Å². The average molecular weight is 334 g/mol. The SMILES string of the molecule is CN=C(NCC(=O)Nc1cccc(F)c1)N1CCC(CC(C)C)C1. The minimum Gasteiger partial charge on any atom is -0.347 e. The smallest absolute Gasteiger partial charge is 0.243 e. The molecule has 2 rings (SSSR count). The molecule has 132 valence electrons. The maximum Gasteiger partial charge on any atom is 0.243 e. The molecule has 0 aliphatic carbocycles. The molecule has 1 saturated heterocycles. The number of amides is 1. The van der Waals surface area contributed by atoms with Crippen LogP contribution < -0.4 is 10.6 Å². The number of halogens is 1. The molecule has 1 fully saturated rings. The predicted molar refractivity (Wildman–Crippen MR) is 95.5 cm³/mol. The molecule has 0 radical (unpaired) electrons. The van der Waals surface area contributed by atoms with Gasteiger partial charge in [-0.3, -0.25) is 9.79 Å². The first-order valence-corrected chi connectivity index (χ1v) is 8.49. The number of nitrogens with one attached hydrogen (secondary N) is 2. The van der Waals surface area contributed by atoms with Crippen molar-refractivity contribution in [1.29, 1.82) is 0 Å². The van der Waals surface area contributed by atoms with Gasteiger partial charge in [-0.05, 0) is 42.9 Å². The number of hydrogen-bond acceptors (Lipinski definition) is 2. The van der Waals surface area contributed by atoms with Crippen molar-refractivity contribution in [3.63, 3.8) is 0 Å². The number of carbonyl (C=O) groups excluding carboxylic acids is 1. The number of rotatable bonds is 5. The Morgan fingerprint density at radius 1 is 1.46 bits per heavy atom. The fraction of sp³-hybridized carbons (Fsp3) is 0.556. The van der Waals surface area contributed by atoms with Crippen LogP contribution in [0.1, 0.15) is 26.7 Å². The molecule has 0 aromatic heterocycles. The van der Waals surface area contributed by atoms with Crippen molar-refractivity contribution in [3.05, 3.63) is 30.1 Å². The van der Waals surface area contributed by atoms with Crippen molar-refractivity contribution < 1.29 is 9.18 Å². The number of likely N-dealkylation sites (tertiary alicyclic amines) is 1. The van der Waals surface area contributed by atoms with Crippen LogP contribution in [-0.2, 0) is 4.79 Å². The number of guanidine groups is 1. The lowest BCUT2D eigenvalue weighted by Crippen LogP contribution is -2.43. The Balaban J connectivity index is 1.80. The van der Waals surface area contributed by atoms with E-state index >= 15 is 0 Å². The molecule has 1 unspecified atom stereocenters. The van der Waals surface area contributed by atoms with Crippen LogP contribution in [0.5, 0.6) is 0 Å². The highest BCUT2D eigenvalue weighted by molar-refractivity contribution is 5.95. The number of hydrogen-bond donors (Lipinski definition) is 2. The quantitative estimate of drug-likeness (QED) is 0.643. The normalized spacial score (nSPS) is 18.1. The van der Waals surface area contributed by atoms with Gasteiger partial charge < -0.3 is 15.5 Å². The summed E-state index contributed by atoms with van der Waals surface area (Å²) in [6.45, 7) is 6.53. The summed E-state index contributed by atoms with van der Waals surface area (Å²) in [7, 11) is 1.72. The minimum absolute atomic E-state index is 0.106. The molecule has 24 heavy (non-hydrogen) atoms. The summed E-state index contributed by atoms with van der Waals surface area (Å²) in [4.78, 5) is 18.5. The van der Waals surface area contributed by atoms with Crippen LogP contribution in [0.4, 0.5) is 10.1 Å². The van der Waals surface area contributed by atoms with Gasteiger partial charge in [0.15, 0.2) is 5.96 Å². The molecule has 6 heteroatoms. The summed E-state index contributed by atoms with van der Waals surface area (Å²) in [6.07, 6.45) is 2.38. The molecule has 1 amide bonds. The van der Waals surface area contributed by atoms with Gasteiger partial charge in [0.05, 0.1) is 6.54 Å². The molecule has 1 aliphatic heterocycles. The summed E-state index contributed by atoms with van der Waals surface area (Å²) in [5.41, 5.74) is 0.454. The lowest BCUT2D eigenvalue weighted by Gasteiger charge is -2.22. The lowest BCUT2D eigenvalue weighted by molar-refractivity contribution is -0.115. The van der Waals surface area contributed by atoms with E-state index in [0.29, 0.717) is 17.5 Å². The van der Waals surface area contributed by atoms with Gasteiger partial charge in [-0.25, -0.2) is 4.39 Å². The highest BCUT2D eigenvalue weighted by Gasteiger charge is 2.25. The van der Waals surface area contributed by atoms with Crippen LogP contribution in [0, 0.1) is 17.7 Å². The molecule has 5 nitrogen and oxygen atoms in total. The van der Waals surface area contributed by atoms with Gasteiger partial charge in [0.2, 0.25) is 5.91 Å². The number of aliphatic imine (C=N–C) groups is 1. The second-order valence-electron chi connectivity index (χ2n) is 6.69. The molecule has 1 aromatic carbocycles. The van der Waals surface area contributed by atoms with Gasteiger partial charge in [0, 0.05) is 25.8 Å². The lowest BCUT2D eigenvalue weighted by atomic mass is 9.97. The topological polar surface area (TPSA) is 56.7 Å². The van der Waals surface area contributed by atoms with Crippen LogP contribution in [0.2, 0.25) is 0 Å². The van der Waals surface area contributed by atoms with Crippen molar-refractivity contribution in [2.75, 3.05) is 32.0 Å². The molecular formula is C18H27FN4O. The van der Waals surface area contributed by atoms with Gasteiger partial charge >= 0.3 is 0 Å². The third kappa shape index (κ3) is 5.51. The Morgan fingerprint density at radius 3 is 2.92 bits per heavy atom. The molecule has 0 bridgehead atoms. The average Bonchev–Trinajstić information content (AvgIpc) is 2.95. The third-order valence-electron chi connectivity index (χ3n) is 4.12. The molecule has 0 saturated carbocycles. The first kappa shape index (κ1) is 18.2. The Kier molecular flexibility index (Phi) is 6.58. The van der Waals surface area contributed by atoms with Crippen LogP contribution in [0.3, 0.4) is 0 Å². The number of carbonyl (C=O) groups is 1. The Bertz CT molecular complexity index is 588. The van der Waals surface area contributed by atoms with Gasteiger partial charge in [0.1, 0.15) is 5.82 Å². The monoisotopic (exact) mass is 334 g/mol. The van der Waals surface area contributed by atoms with Crippen molar-refractivity contribution in [3.8, 4) is 0 Å². The largest absolute Gasteiger partial charge is 0.347 e. The van der Waals surface area contributed by atoms with E-state index in [-0.39, 0.29) is 18.3 Å². The van der Waals surface area contributed by atoms with E-state index < -0.39 is 0 Å². The zero-order valence-corrected chi connectivity index (χ0v) is 14.7. The summed E-state index contributed by atoms with van der Waals surface area (Å²) in [5, 5.41) is 5.76. The Labute approximate surface area is 143 Å². The molecule has 2 N–H and O–H groups in total. The standard InChI is InChI=1S/C18H27FN4O/c1-13(2)9-14-7-8-23(12-14)18(20-3)21-11-17(24)22-16-6-4-5-15(19)10-16/h4-6,10,13-14H,7-9,11-12H2,1-3H3,(H,20,21)(H,22,24). The number of nitrogens with zero attached hydrogens (tertiary/aromatic N) is 2. The summed E-state index contributed by atoms with van der Waals surface area (Å²) < 4.78 is 13.1. The maximum atomic E-state index is 13.1. The third-order valence-corrected chi connectivity index (χ3v) is 4.12. The second kappa shape index (κ2) is 8.66. The van der Waals surface area contributed by atoms with Crippen molar-refractivity contribution in [2.45, 2.75) is 26.7 Å². The highest BCUT2D eigenvalue weighted by atomic mass is 19.1. The second-order valence-corrected chi connectivity index (χ2v) is 6.69. The van der Waals surface area contributed by atoms with E-state index in [0.717, 1.165) is 25.5 Å². The van der Waals surface area contributed by atoms with E-state index in [4.69, 9.17) is 0 Å². The van der Waals surface area contributed by atoms with E-state index in [2.05, 4.69) is 34.4 Å². The molecule has 1 atom stereocenters. The summed E-state index contributed by atoms with van der Waals surface area (Å²) in [6, 6.07) is 5.86. The molecule has 1 aromatic rings. The first-order chi connectivity index (χ1) is 11.5. The first-order valence-electron chi connectivity index (χ1n) is 8.49. The highest BCUT2D eigenvalue weighted by Crippen LogP contribution is 2.23. The van der Waals surface area contributed by atoms with Crippen molar-refractivity contribution >= 4 is 17.6 Å². The van der Waals surface area contributed by atoms with Crippen LogP contribution in [0.25, 0.3) is 0 Å². The molecular weight excluding hydrogens is 307 g/mol. The number of benzene rings is 1. The van der Waals surface area contributed by atoms with Crippen LogP contribution >= 0.6 is 0 Å². The minimum atomic E-state index is -0.371. The van der Waals surface area contributed by atoms with E-state index in [1.54, 1.807) is 19.2 Å². The van der Waals surface area contributed by atoms with Gasteiger partial charge in [0.25, 0.3) is 0 Å². The van der Waals surface area contributed by atoms with Crippen LogP contribution in [0.15, 0.2) is 29.3 Å². The zero-order valence-electron chi connectivity index (χ0n) is 14.7. The zero-order chi connectivity index (χ0) is 17.5. The van der Waals surface area contributed by atoms with Crippen molar-refractivity contribution in [1.82, 2.24) is 10.2 Å². The molecule has 1 aliphatic rings. The van der Waals surface area contributed by atoms with E-state index in [1.165, 1.54) is 18.6 Å². The Morgan fingerprint density at radius 2 is 2.25 bits per heavy atom. The van der Waals surface area contributed by atoms with Crippen LogP contribution in [-0.4, -0.2) is 43.4 Å². The predicted octanol–water partition coefficient (Wildman–Crippen LogP) is 2.71. The fourth-order valence-electron chi connectivity index (χ4n) is 3.15. The van der Waals surface area contributed by atoms with E-state index in [9.17, 15) is 9.18 Å². The summed E-state index contributed by atoms with van der Waals surface area (Å²) in [5.74, 6) is 1.53. The fourth-order valence-corrected chi connectivity index (χ4v) is 3.15. The Hall–Kier alpha value is -2.11.